The summed E-state index contributed by atoms with van der Waals surface area (Å²) in [6, 6.07) is 23.3. The van der Waals surface area contributed by atoms with Crippen LogP contribution >= 0.6 is 0 Å². The van der Waals surface area contributed by atoms with Crippen LogP contribution in [-0.4, -0.2) is 289 Å². The second-order valence-electron chi connectivity index (χ2n) is 38.7. The summed E-state index contributed by atoms with van der Waals surface area (Å²) < 4.78 is 63.1. The number of nitrogens with two attached hydrogens (primary N) is 2. The lowest BCUT2D eigenvalue weighted by Crippen LogP contribution is -2.52. The highest BCUT2D eigenvalue weighted by molar-refractivity contribution is 7.80. The van der Waals surface area contributed by atoms with E-state index in [1.54, 1.807) is 51.3 Å². The quantitative estimate of drug-likeness (QED) is 0.0119. The molecule has 44 nitrogen and oxygen atoms in total. The lowest BCUT2D eigenvalue weighted by Gasteiger charge is -2.30. The fourth-order valence-corrected chi connectivity index (χ4v) is 18.8. The first-order valence-electron chi connectivity index (χ1n) is 45.2. The molecule has 133 heavy (non-hydrogen) atoms. The van der Waals surface area contributed by atoms with Crippen molar-refractivity contribution >= 4 is 76.4 Å². The summed E-state index contributed by atoms with van der Waals surface area (Å²) in [5.41, 5.74) is 9.09. The molecule has 45 heteroatoms. The number of carboxylic acid groups (broad SMARTS) is 1. The lowest BCUT2D eigenvalue weighted by molar-refractivity contribution is -0.142. The standard InChI is InChI=1S/C26H36N4O6.C25H33N5O5.C14H18N4O3.C12H18N6O6S.C11H19NO4/c1-17-12-21(29(14-17)25(34)36-26(2,3)4)22(31)13-27-23(32)20-11-10-19-15-28(20)24(33)30(19)35-16-18-8-6-5-7-9-18;1-16-12-20(29(13-16)24(32)35-25(2,3)4)22-27-26-21(34-22)19-11-10-18-14-28(19)23(31)30(18)33-15-17-8-6-5-7-9-17;15-16-13(19)12-7-6-11-8-17(12)14(20)18(11)21-9-10-4-2-1-3-5-10;13-6-3-8(14-4-6)10-15-16-11(23-10)9-2-1-7-5-17(9)12(19)18(7)24-25(20,21)22;1-7-5-8(9(13)14)12(6-7)10(15)16-11(2,3)4/h5-9,17,19-21H,10-16H2,1-4H3,(H,27,32);5-9,16,18-20H,10-15H2,1-4H3;1-5,11-12H,6-9,15H2,(H,16,19);6-9,14H,1-5,13H2,(H,20,21,22);7-8H,5-6H2,1-4H3,(H,13,14)/t17-,19-,20+,21-;16?,18-,19+,20-;11-,12+;6-,7-,8-,9+;7-,8-/m11111/s1. The van der Waals surface area contributed by atoms with E-state index >= 15 is 0 Å². The number of hydroxylamine groups is 8. The summed E-state index contributed by atoms with van der Waals surface area (Å²) in [6.45, 7) is 26.8. The van der Waals surface area contributed by atoms with E-state index in [1.807, 2.05) is 126 Å². The Morgan fingerprint density at radius 2 is 0.820 bits per heavy atom. The maximum absolute atomic E-state index is 13.1. The molecular weight excluding hydrogens is 1750 g/mol. The second kappa shape index (κ2) is 42.0. The number of rotatable bonds is 21. The van der Waals surface area contributed by atoms with Crippen LogP contribution in [0.3, 0.4) is 0 Å². The molecule has 0 aliphatic carbocycles. The maximum atomic E-state index is 13.1. The van der Waals surface area contributed by atoms with E-state index in [0.717, 1.165) is 36.0 Å². The molecule has 14 heterocycles. The van der Waals surface area contributed by atoms with Gasteiger partial charge in [0.05, 0.1) is 42.8 Å². The summed E-state index contributed by atoms with van der Waals surface area (Å²) in [7, 11) is -4.77. The SMILES string of the molecule is CC1C[C@H](c2nnc([C@@H]3CC[C@@H]4CN3C(=O)N4OCc3ccccc3)o2)N(C(=O)OC(C)(C)C)C1.C[C@@H]1C[C@H](C(=O)CNC(=O)[C@@H]2CC[C@@H]3CN2C(=O)N3OCc2ccccc2)N(C(=O)OC(C)(C)C)C1.C[C@@H]1C[C@H](C(=O)O)N(C(=O)OC(C)(C)C)C1.NNC(=O)[C@@H]1CC[C@@H]2CN1C(=O)N2OCc1ccccc1.N[C@H]1CN[C@@H](c2nnc([C@@H]3CC[C@@H]4CN3C(=O)N4OS(=O)(=O)O)o2)C1. The molecular formula is C88H124N20O24S. The van der Waals surface area contributed by atoms with Gasteiger partial charge in [0.25, 0.3) is 5.91 Å². The average Bonchev–Trinajstić information content (AvgIpc) is 1.57. The number of piperidine rings is 4. The van der Waals surface area contributed by atoms with Gasteiger partial charge in [0.1, 0.15) is 72.9 Å². The van der Waals surface area contributed by atoms with Crippen LogP contribution in [0, 0.1) is 17.8 Å². The van der Waals surface area contributed by atoms with Gasteiger partial charge in [-0.3, -0.25) is 53.6 Å². The van der Waals surface area contributed by atoms with Gasteiger partial charge in [-0.2, -0.15) is 28.7 Å². The number of amides is 13. The van der Waals surface area contributed by atoms with Crippen LogP contribution in [0.2, 0.25) is 0 Å². The number of nitrogens with zero attached hydrogens (tertiary/aromatic N) is 15. The van der Waals surface area contributed by atoms with Crippen molar-refractivity contribution in [1.29, 1.82) is 0 Å². The number of nitrogens with one attached hydrogen (secondary N) is 3. The van der Waals surface area contributed by atoms with E-state index in [2.05, 4.69) is 47.7 Å². The van der Waals surface area contributed by atoms with Crippen LogP contribution in [0.25, 0.3) is 0 Å². The Morgan fingerprint density at radius 1 is 0.459 bits per heavy atom. The number of likely N-dealkylation sites (tertiary alicyclic amines) is 3. The smallest absolute Gasteiger partial charge is 0.418 e. The Morgan fingerprint density at radius 3 is 1.24 bits per heavy atom. The van der Waals surface area contributed by atoms with E-state index in [-0.39, 0.29) is 127 Å². The third kappa shape index (κ3) is 24.8. The maximum Gasteiger partial charge on any atom is 0.418 e. The van der Waals surface area contributed by atoms with Gasteiger partial charge in [0.15, 0.2) is 5.78 Å². The van der Waals surface area contributed by atoms with Gasteiger partial charge in [-0.25, -0.2) is 44.2 Å². The topological polar surface area (TPSA) is 529 Å². The summed E-state index contributed by atoms with van der Waals surface area (Å²) in [4.78, 5) is 165. The molecule has 12 saturated heterocycles. The van der Waals surface area contributed by atoms with Crippen molar-refractivity contribution in [1.82, 2.24) is 91.0 Å². The van der Waals surface area contributed by atoms with E-state index in [1.165, 1.54) is 39.7 Å². The highest BCUT2D eigenvalue weighted by Gasteiger charge is 2.54. The number of aliphatic carboxylic acids is 1. The first-order chi connectivity index (χ1) is 62.9. The zero-order valence-corrected chi connectivity index (χ0v) is 77.8. The molecule has 3 aromatic carbocycles. The number of ether oxygens (including phenoxy) is 3. The summed E-state index contributed by atoms with van der Waals surface area (Å²) >= 11 is 0. The Bertz CT molecular complexity index is 5060. The Labute approximate surface area is 771 Å². The number of carbonyl (C=O) groups excluding carboxylic acids is 10. The van der Waals surface area contributed by atoms with Crippen LogP contribution in [-0.2, 0) is 82.4 Å². The molecule has 12 aliphatic rings. The molecule has 12 fully saturated rings. The van der Waals surface area contributed by atoms with Crippen molar-refractivity contribution in [3.63, 3.8) is 0 Å². The van der Waals surface area contributed by atoms with Crippen LogP contribution in [0.5, 0.6) is 0 Å². The van der Waals surface area contributed by atoms with Crippen molar-refractivity contribution in [2.75, 3.05) is 58.9 Å². The van der Waals surface area contributed by atoms with Crippen LogP contribution in [0.15, 0.2) is 99.8 Å². The summed E-state index contributed by atoms with van der Waals surface area (Å²) in [5.74, 6) is 5.41. The van der Waals surface area contributed by atoms with Gasteiger partial charge in [-0.05, 0) is 174 Å². The molecule has 2 aromatic heterocycles. The Balaban J connectivity index is 0.000000145. The first-order valence-corrected chi connectivity index (χ1v) is 46.6. The number of Topliss-reactive ketones (excluding diaryl/α,β-unsaturated/α-hetero) is 1. The van der Waals surface area contributed by atoms with E-state index in [4.69, 9.17) is 58.8 Å². The minimum Gasteiger partial charge on any atom is -0.480 e. The number of urea groups is 4. The molecule has 9 N–H and O–H groups in total. The number of hydrogen-bond acceptors (Lipinski definition) is 29. The molecule has 16 atom stereocenters. The monoisotopic (exact) mass is 1880 g/mol. The third-order valence-corrected chi connectivity index (χ3v) is 24.9. The molecule has 5 aromatic rings. The highest BCUT2D eigenvalue weighted by Crippen LogP contribution is 2.44. The van der Waals surface area contributed by atoms with E-state index < -0.39 is 87.6 Å². The van der Waals surface area contributed by atoms with E-state index in [9.17, 15) is 61.2 Å². The van der Waals surface area contributed by atoms with Gasteiger partial charge < -0.3 is 64.1 Å². The zero-order chi connectivity index (χ0) is 95.9. The molecule has 0 spiro atoms. The number of aromatic nitrogens is 4. The summed E-state index contributed by atoms with van der Waals surface area (Å²) in [5, 5.41) is 36.5. The van der Waals surface area contributed by atoms with Crippen LogP contribution in [0.1, 0.15) is 225 Å². The minimum atomic E-state index is -4.77. The summed E-state index contributed by atoms with van der Waals surface area (Å²) in [6.07, 6.45) is 5.93. The zero-order valence-electron chi connectivity index (χ0n) is 77.0. The number of hydrazine groups is 1. The number of fused-ring (bicyclic) bond motifs is 8. The van der Waals surface area contributed by atoms with Gasteiger partial charge in [-0.1, -0.05) is 112 Å². The largest absolute Gasteiger partial charge is 0.480 e. The molecule has 8 bridgehead atoms. The van der Waals surface area contributed by atoms with Crippen molar-refractivity contribution in [3.05, 3.63) is 131 Å². The number of ketones is 1. The van der Waals surface area contributed by atoms with Gasteiger partial charge in [0, 0.05) is 58.4 Å². The van der Waals surface area contributed by atoms with Crippen molar-refractivity contribution in [2.45, 2.75) is 275 Å². The van der Waals surface area contributed by atoms with Gasteiger partial charge in [0.2, 0.25) is 29.5 Å². The van der Waals surface area contributed by atoms with Gasteiger partial charge >= 0.3 is 58.8 Å². The predicted octanol–water partition coefficient (Wildman–Crippen LogP) is 8.38. The van der Waals surface area contributed by atoms with Gasteiger partial charge in [-0.15, -0.1) is 24.7 Å². The lowest BCUT2D eigenvalue weighted by atomic mass is 10.00. The number of carboxylic acids is 1. The Kier molecular flexibility index (Phi) is 31.3. The minimum absolute atomic E-state index is 0.00281. The molecule has 726 valence electrons. The van der Waals surface area contributed by atoms with Crippen molar-refractivity contribution in [3.8, 4) is 0 Å². The average molecular weight is 1880 g/mol. The Hall–Kier alpha value is -11.5. The molecule has 0 saturated carbocycles. The molecule has 17 rings (SSSR count). The third-order valence-electron chi connectivity index (χ3n) is 24.6. The fourth-order valence-electron chi connectivity index (χ4n) is 18.4. The normalized spacial score (nSPS) is 27.0. The molecule has 13 amide bonds. The number of carbonyl (C=O) groups is 11. The predicted molar refractivity (Wildman–Crippen MR) is 468 cm³/mol. The molecule has 12 aliphatic heterocycles. The molecule has 1 unspecified atom stereocenters. The van der Waals surface area contributed by atoms with Crippen LogP contribution < -0.4 is 27.6 Å². The van der Waals surface area contributed by atoms with Crippen molar-refractivity contribution < 1.29 is 113 Å². The number of benzene rings is 3. The first kappa shape index (κ1) is 99.0. The van der Waals surface area contributed by atoms with Crippen molar-refractivity contribution in [2.24, 2.45) is 29.3 Å². The highest BCUT2D eigenvalue weighted by atomic mass is 32.3. The van der Waals surface area contributed by atoms with Crippen LogP contribution in [0.4, 0.5) is 33.6 Å². The van der Waals surface area contributed by atoms with E-state index in [0.29, 0.717) is 140 Å². The number of hydrogen-bond donors (Lipinski definition) is 7. The fraction of sp³-hybridized carbons (Fsp3) is 0.625. The second-order valence-corrected chi connectivity index (χ2v) is 39.7. The molecule has 0 radical (unpaired) electrons.